The first-order chi connectivity index (χ1) is 15.9. The lowest BCUT2D eigenvalue weighted by Crippen LogP contribution is -2.13. The number of ether oxygens (including phenoxy) is 2. The van der Waals surface area contributed by atoms with Crippen LogP contribution in [0, 0.1) is 10.1 Å². The molecular formula is C24H18ClN3O5. The maximum Gasteiger partial charge on any atom is 0.289 e. The topological polar surface area (TPSA) is 104 Å². The Kier molecular flexibility index (Phi) is 6.10. The Balaban J connectivity index is 1.81. The zero-order valence-electron chi connectivity index (χ0n) is 17.7. The van der Waals surface area contributed by atoms with E-state index in [1.54, 1.807) is 50.6 Å². The molecular weight excluding hydrogens is 446 g/mol. The maximum absolute atomic E-state index is 13.2. The molecule has 0 unspecified atom stereocenters. The van der Waals surface area contributed by atoms with Crippen molar-refractivity contribution in [2.45, 2.75) is 0 Å². The fraction of sp³-hybridized carbons (Fsp3) is 0.0833. The molecule has 1 amide bonds. The Morgan fingerprint density at radius 2 is 1.82 bits per heavy atom. The molecule has 1 N–H and O–H groups in total. The van der Waals surface area contributed by atoms with Gasteiger partial charge in [0.2, 0.25) is 0 Å². The molecule has 0 aliphatic heterocycles. The number of carbonyl (C=O) groups is 1. The monoisotopic (exact) mass is 463 g/mol. The van der Waals surface area contributed by atoms with E-state index in [2.05, 4.69) is 5.32 Å². The minimum atomic E-state index is -0.603. The Hall–Kier alpha value is -4.17. The van der Waals surface area contributed by atoms with Crippen LogP contribution in [-0.4, -0.2) is 30.0 Å². The Morgan fingerprint density at radius 3 is 2.55 bits per heavy atom. The summed E-state index contributed by atoms with van der Waals surface area (Å²) in [6, 6.07) is 18.3. The van der Waals surface area contributed by atoms with Gasteiger partial charge in [0.05, 0.1) is 35.9 Å². The molecule has 166 valence electrons. The van der Waals surface area contributed by atoms with Crippen LogP contribution in [0.5, 0.6) is 11.5 Å². The van der Waals surface area contributed by atoms with Gasteiger partial charge in [0.1, 0.15) is 16.5 Å². The van der Waals surface area contributed by atoms with E-state index in [9.17, 15) is 14.9 Å². The van der Waals surface area contributed by atoms with Crippen LogP contribution in [-0.2, 0) is 0 Å². The predicted molar refractivity (Wildman–Crippen MR) is 126 cm³/mol. The normalized spacial score (nSPS) is 10.6. The van der Waals surface area contributed by atoms with Crippen LogP contribution in [0.2, 0.25) is 5.02 Å². The van der Waals surface area contributed by atoms with Gasteiger partial charge in [0.25, 0.3) is 11.6 Å². The van der Waals surface area contributed by atoms with Gasteiger partial charge in [-0.3, -0.25) is 14.9 Å². The zero-order valence-corrected chi connectivity index (χ0v) is 18.4. The van der Waals surface area contributed by atoms with Gasteiger partial charge in [-0.05, 0) is 36.4 Å². The number of nitrogens with zero attached hydrogens (tertiary/aromatic N) is 2. The molecule has 1 heterocycles. The molecule has 9 heteroatoms. The molecule has 0 aliphatic rings. The summed E-state index contributed by atoms with van der Waals surface area (Å²) in [5, 5.41) is 14.5. The largest absolute Gasteiger partial charge is 0.497 e. The second-order valence-electron chi connectivity index (χ2n) is 7.02. The number of halogens is 1. The van der Waals surface area contributed by atoms with Gasteiger partial charge < -0.3 is 14.8 Å². The van der Waals surface area contributed by atoms with Gasteiger partial charge in [-0.1, -0.05) is 29.8 Å². The van der Waals surface area contributed by atoms with Crippen LogP contribution in [0.1, 0.15) is 10.4 Å². The molecule has 0 saturated heterocycles. The number of fused-ring (bicyclic) bond motifs is 1. The number of benzene rings is 3. The summed E-state index contributed by atoms with van der Waals surface area (Å²) in [4.78, 5) is 28.5. The lowest BCUT2D eigenvalue weighted by Gasteiger charge is -2.13. The molecule has 0 saturated carbocycles. The van der Waals surface area contributed by atoms with E-state index < -0.39 is 10.8 Å². The fourth-order valence-corrected chi connectivity index (χ4v) is 3.63. The minimum absolute atomic E-state index is 0.0127. The number of anilines is 1. The van der Waals surface area contributed by atoms with E-state index in [4.69, 9.17) is 26.1 Å². The van der Waals surface area contributed by atoms with Crippen LogP contribution >= 0.6 is 11.6 Å². The third-order valence-corrected chi connectivity index (χ3v) is 5.37. The molecule has 0 bridgehead atoms. The number of carbonyl (C=O) groups excluding carboxylic acids is 1. The molecule has 0 aliphatic carbocycles. The second-order valence-corrected chi connectivity index (χ2v) is 7.42. The van der Waals surface area contributed by atoms with Crippen molar-refractivity contribution in [1.29, 1.82) is 0 Å². The molecule has 4 rings (SSSR count). The summed E-state index contributed by atoms with van der Waals surface area (Å²) in [7, 11) is 3.10. The summed E-state index contributed by atoms with van der Waals surface area (Å²) in [6.45, 7) is 0. The first kappa shape index (κ1) is 22.0. The number of hydrogen-bond acceptors (Lipinski definition) is 6. The minimum Gasteiger partial charge on any atom is -0.497 e. The highest BCUT2D eigenvalue weighted by Gasteiger charge is 2.18. The number of aromatic nitrogens is 1. The van der Waals surface area contributed by atoms with Gasteiger partial charge >= 0.3 is 0 Å². The average Bonchev–Trinajstić information content (AvgIpc) is 2.83. The van der Waals surface area contributed by atoms with E-state index in [1.165, 1.54) is 18.2 Å². The standard InChI is InChI=1S/C24H18ClN3O5/c1-32-15-8-9-17(23(12-15)33-2)21-13-18(16-5-3-4-6-20(16)27-21)24(29)26-14-7-10-19(25)22(11-14)28(30)31/h3-13H,1-2H3,(H,26,29). The molecule has 4 aromatic rings. The first-order valence-electron chi connectivity index (χ1n) is 9.78. The summed E-state index contributed by atoms with van der Waals surface area (Å²) >= 11 is 5.88. The molecule has 0 radical (unpaired) electrons. The Bertz CT molecular complexity index is 1390. The van der Waals surface area contributed by atoms with Crippen molar-refractivity contribution in [2.75, 3.05) is 19.5 Å². The average molecular weight is 464 g/mol. The van der Waals surface area contributed by atoms with E-state index >= 15 is 0 Å². The van der Waals surface area contributed by atoms with Gasteiger partial charge in [-0.15, -0.1) is 0 Å². The number of para-hydroxylation sites is 1. The van der Waals surface area contributed by atoms with Crippen LogP contribution in [0.25, 0.3) is 22.2 Å². The Morgan fingerprint density at radius 1 is 1.03 bits per heavy atom. The zero-order chi connectivity index (χ0) is 23.5. The number of pyridine rings is 1. The van der Waals surface area contributed by atoms with Gasteiger partial charge in [-0.25, -0.2) is 4.98 Å². The van der Waals surface area contributed by atoms with Crippen LogP contribution < -0.4 is 14.8 Å². The smallest absolute Gasteiger partial charge is 0.289 e. The van der Waals surface area contributed by atoms with Crippen molar-refractivity contribution in [2.24, 2.45) is 0 Å². The molecule has 8 nitrogen and oxygen atoms in total. The summed E-state index contributed by atoms with van der Waals surface area (Å²) in [5.41, 5.74) is 2.13. The third kappa shape index (κ3) is 4.42. The third-order valence-electron chi connectivity index (χ3n) is 5.05. The van der Waals surface area contributed by atoms with E-state index in [0.29, 0.717) is 39.2 Å². The number of nitrogens with one attached hydrogen (secondary N) is 1. The summed E-state index contributed by atoms with van der Waals surface area (Å²) < 4.78 is 10.8. The highest BCUT2D eigenvalue weighted by Crippen LogP contribution is 2.35. The molecule has 0 atom stereocenters. The van der Waals surface area contributed by atoms with E-state index in [1.807, 2.05) is 12.1 Å². The molecule has 1 aromatic heterocycles. The van der Waals surface area contributed by atoms with Crippen molar-refractivity contribution in [1.82, 2.24) is 4.98 Å². The number of hydrogen-bond donors (Lipinski definition) is 1. The number of methoxy groups -OCH3 is 2. The molecule has 0 spiro atoms. The fourth-order valence-electron chi connectivity index (χ4n) is 3.44. The number of nitro benzene ring substituents is 1. The van der Waals surface area contributed by atoms with Crippen molar-refractivity contribution in [3.8, 4) is 22.8 Å². The lowest BCUT2D eigenvalue weighted by molar-refractivity contribution is -0.384. The number of rotatable bonds is 6. The molecule has 3 aromatic carbocycles. The van der Waals surface area contributed by atoms with Crippen LogP contribution in [0.4, 0.5) is 11.4 Å². The maximum atomic E-state index is 13.2. The predicted octanol–water partition coefficient (Wildman–Crippen LogP) is 5.73. The van der Waals surface area contributed by atoms with Gasteiger partial charge in [0, 0.05) is 28.8 Å². The lowest BCUT2D eigenvalue weighted by atomic mass is 10.0. The number of amides is 1. The Labute approximate surface area is 193 Å². The van der Waals surface area contributed by atoms with E-state index in [-0.39, 0.29) is 16.4 Å². The molecule has 33 heavy (non-hydrogen) atoms. The van der Waals surface area contributed by atoms with Crippen molar-refractivity contribution < 1.29 is 19.2 Å². The van der Waals surface area contributed by atoms with E-state index in [0.717, 1.165) is 0 Å². The van der Waals surface area contributed by atoms with Gasteiger partial charge in [-0.2, -0.15) is 0 Å². The highest BCUT2D eigenvalue weighted by atomic mass is 35.5. The van der Waals surface area contributed by atoms with Crippen molar-refractivity contribution >= 4 is 39.8 Å². The van der Waals surface area contributed by atoms with Crippen molar-refractivity contribution in [3.05, 3.63) is 87.4 Å². The second kappa shape index (κ2) is 9.13. The molecule has 0 fully saturated rings. The van der Waals surface area contributed by atoms with Crippen LogP contribution in [0.3, 0.4) is 0 Å². The summed E-state index contributed by atoms with van der Waals surface area (Å²) in [6.07, 6.45) is 0. The SMILES string of the molecule is COc1ccc(-c2cc(C(=O)Nc3ccc(Cl)c([N+](=O)[O-])c3)c3ccccc3n2)c(OC)c1. The van der Waals surface area contributed by atoms with Gasteiger partial charge in [0.15, 0.2) is 0 Å². The number of nitro groups is 1. The highest BCUT2D eigenvalue weighted by molar-refractivity contribution is 6.32. The quantitative estimate of drug-likeness (QED) is 0.289. The summed E-state index contributed by atoms with van der Waals surface area (Å²) in [5.74, 6) is 0.717. The first-order valence-corrected chi connectivity index (χ1v) is 10.2. The van der Waals surface area contributed by atoms with Crippen LogP contribution in [0.15, 0.2) is 66.7 Å². The van der Waals surface area contributed by atoms with Crippen molar-refractivity contribution in [3.63, 3.8) is 0 Å².